The Hall–Kier alpha value is -2.30. The van der Waals surface area contributed by atoms with Gasteiger partial charge in [-0.25, -0.2) is 0 Å². The minimum absolute atomic E-state index is 0.0799. The summed E-state index contributed by atoms with van der Waals surface area (Å²) in [5, 5.41) is 4.91. The molecule has 2 aromatic carbocycles. The summed E-state index contributed by atoms with van der Waals surface area (Å²) < 4.78 is 5.57. The van der Waals surface area contributed by atoms with Crippen molar-refractivity contribution in [3.05, 3.63) is 70.4 Å². The molecule has 4 rings (SSSR count). The van der Waals surface area contributed by atoms with E-state index in [1.807, 2.05) is 31.2 Å². The first-order valence-corrected chi connectivity index (χ1v) is 9.65. The van der Waals surface area contributed by atoms with Crippen LogP contribution in [0.2, 0.25) is 5.02 Å². The summed E-state index contributed by atoms with van der Waals surface area (Å²) in [6.07, 6.45) is 1.75. The van der Waals surface area contributed by atoms with E-state index in [4.69, 9.17) is 16.3 Å². The maximum Gasteiger partial charge on any atom is 0.267 e. The highest BCUT2D eigenvalue weighted by Gasteiger charge is 2.35. The van der Waals surface area contributed by atoms with E-state index < -0.39 is 0 Å². The van der Waals surface area contributed by atoms with Crippen LogP contribution in [0.5, 0.6) is 0 Å². The maximum absolute atomic E-state index is 12.8. The number of aromatic amines is 1. The number of hydrogen-bond acceptors (Lipinski definition) is 2. The summed E-state index contributed by atoms with van der Waals surface area (Å²) in [5.41, 5.74) is 3.82. The van der Waals surface area contributed by atoms with Crippen LogP contribution in [0, 0.1) is 6.92 Å². The van der Waals surface area contributed by atoms with Gasteiger partial charge in [0.1, 0.15) is 5.69 Å². The van der Waals surface area contributed by atoms with Gasteiger partial charge in [0.25, 0.3) is 5.91 Å². The number of hydrogen-bond donors (Lipinski definition) is 2. The highest BCUT2D eigenvalue weighted by Crippen LogP contribution is 2.35. The van der Waals surface area contributed by atoms with Gasteiger partial charge in [-0.2, -0.15) is 0 Å². The fraction of sp³-hybridized carbons (Fsp3) is 0.318. The normalized spacial score (nSPS) is 16.4. The lowest BCUT2D eigenvalue weighted by atomic mass is 9.74. The van der Waals surface area contributed by atoms with E-state index >= 15 is 0 Å². The Labute approximate surface area is 163 Å². The van der Waals surface area contributed by atoms with E-state index in [0.717, 1.165) is 28.8 Å². The standard InChI is InChI=1S/C22H23ClN2O2/c1-15-2-3-16-13-20(25-19(16)12-15)21(26)24-14-22(8-10-27-11-9-22)17-4-6-18(23)7-5-17/h2-7,12-13,25H,8-11,14H2,1H3,(H,24,26). The van der Waals surface area contributed by atoms with Gasteiger partial charge in [0.05, 0.1) is 0 Å². The summed E-state index contributed by atoms with van der Waals surface area (Å²) in [5.74, 6) is -0.0799. The molecule has 1 aromatic heterocycles. The van der Waals surface area contributed by atoms with Gasteiger partial charge in [0, 0.05) is 41.1 Å². The molecule has 1 amide bonds. The van der Waals surface area contributed by atoms with Crippen molar-refractivity contribution in [3.63, 3.8) is 0 Å². The molecule has 2 N–H and O–H groups in total. The number of aromatic nitrogens is 1. The number of H-pyrrole nitrogens is 1. The third kappa shape index (κ3) is 3.73. The lowest BCUT2D eigenvalue weighted by molar-refractivity contribution is 0.0487. The van der Waals surface area contributed by atoms with E-state index in [1.54, 1.807) is 0 Å². The molecule has 5 heteroatoms. The van der Waals surface area contributed by atoms with Crippen LogP contribution in [0.25, 0.3) is 10.9 Å². The van der Waals surface area contributed by atoms with Gasteiger partial charge in [-0.15, -0.1) is 0 Å². The molecule has 0 aliphatic carbocycles. The Morgan fingerprint density at radius 2 is 1.89 bits per heavy atom. The van der Waals surface area contributed by atoms with Crippen LogP contribution in [-0.4, -0.2) is 30.6 Å². The fourth-order valence-corrected chi connectivity index (χ4v) is 3.97. The molecule has 0 spiro atoms. The molecule has 0 atom stereocenters. The molecule has 140 valence electrons. The number of ether oxygens (including phenoxy) is 1. The molecular weight excluding hydrogens is 360 g/mol. The SMILES string of the molecule is Cc1ccc2cc(C(=O)NCC3(c4ccc(Cl)cc4)CCOCC3)[nH]c2c1. The van der Waals surface area contributed by atoms with Crippen LogP contribution in [-0.2, 0) is 10.2 Å². The maximum atomic E-state index is 12.8. The van der Waals surface area contributed by atoms with Gasteiger partial charge >= 0.3 is 0 Å². The van der Waals surface area contributed by atoms with Crippen molar-refractivity contribution in [3.8, 4) is 0 Å². The monoisotopic (exact) mass is 382 g/mol. The van der Waals surface area contributed by atoms with E-state index in [1.165, 1.54) is 11.1 Å². The third-order valence-corrected chi connectivity index (χ3v) is 5.77. The van der Waals surface area contributed by atoms with Crippen molar-refractivity contribution < 1.29 is 9.53 Å². The number of aryl methyl sites for hydroxylation is 1. The van der Waals surface area contributed by atoms with Crippen LogP contribution in [0.3, 0.4) is 0 Å². The quantitative estimate of drug-likeness (QED) is 0.692. The van der Waals surface area contributed by atoms with Crippen molar-refractivity contribution in [1.82, 2.24) is 10.3 Å². The number of amides is 1. The van der Waals surface area contributed by atoms with Crippen LogP contribution in [0.1, 0.15) is 34.5 Å². The van der Waals surface area contributed by atoms with E-state index in [0.29, 0.717) is 25.5 Å². The van der Waals surface area contributed by atoms with Crippen molar-refractivity contribution in [2.75, 3.05) is 19.8 Å². The molecular formula is C22H23ClN2O2. The second kappa shape index (κ2) is 7.37. The summed E-state index contributed by atoms with van der Waals surface area (Å²) >= 11 is 6.05. The molecule has 0 unspecified atom stereocenters. The van der Waals surface area contributed by atoms with E-state index in [-0.39, 0.29) is 11.3 Å². The number of halogens is 1. The number of carbonyl (C=O) groups excluding carboxylic acids is 1. The Morgan fingerprint density at radius 1 is 1.15 bits per heavy atom. The average molecular weight is 383 g/mol. The zero-order chi connectivity index (χ0) is 18.9. The minimum atomic E-state index is -0.124. The van der Waals surface area contributed by atoms with E-state index in [2.05, 4.69) is 34.6 Å². The smallest absolute Gasteiger partial charge is 0.267 e. The zero-order valence-electron chi connectivity index (χ0n) is 15.3. The zero-order valence-corrected chi connectivity index (χ0v) is 16.1. The Balaban J connectivity index is 1.54. The fourth-order valence-electron chi connectivity index (χ4n) is 3.84. The molecule has 0 radical (unpaired) electrons. The molecule has 1 aliphatic rings. The molecule has 0 saturated carbocycles. The Bertz CT molecular complexity index is 956. The molecule has 3 aromatic rings. The van der Waals surface area contributed by atoms with Crippen LogP contribution < -0.4 is 5.32 Å². The first kappa shape index (κ1) is 18.1. The number of carbonyl (C=O) groups is 1. The summed E-state index contributed by atoms with van der Waals surface area (Å²) in [6.45, 7) is 4.01. The molecule has 27 heavy (non-hydrogen) atoms. The minimum Gasteiger partial charge on any atom is -0.381 e. The van der Waals surface area contributed by atoms with Crippen molar-refractivity contribution in [2.24, 2.45) is 0 Å². The van der Waals surface area contributed by atoms with Gasteiger partial charge in [-0.1, -0.05) is 35.9 Å². The molecule has 4 nitrogen and oxygen atoms in total. The first-order chi connectivity index (χ1) is 13.1. The lowest BCUT2D eigenvalue weighted by Crippen LogP contribution is -2.44. The second-order valence-corrected chi connectivity index (χ2v) is 7.79. The van der Waals surface area contributed by atoms with Crippen molar-refractivity contribution >= 4 is 28.4 Å². The van der Waals surface area contributed by atoms with Crippen molar-refractivity contribution in [2.45, 2.75) is 25.2 Å². The summed E-state index contributed by atoms with van der Waals surface area (Å²) in [6, 6.07) is 16.0. The molecule has 1 aliphatic heterocycles. The van der Waals surface area contributed by atoms with Gasteiger partial charge in [-0.05, 0) is 55.2 Å². The largest absolute Gasteiger partial charge is 0.381 e. The van der Waals surface area contributed by atoms with Crippen molar-refractivity contribution in [1.29, 1.82) is 0 Å². The highest BCUT2D eigenvalue weighted by atomic mass is 35.5. The van der Waals surface area contributed by atoms with Gasteiger partial charge < -0.3 is 15.0 Å². The Kier molecular flexibility index (Phi) is 4.94. The third-order valence-electron chi connectivity index (χ3n) is 5.52. The molecule has 2 heterocycles. The van der Waals surface area contributed by atoms with Gasteiger partial charge in [-0.3, -0.25) is 4.79 Å². The number of fused-ring (bicyclic) bond motifs is 1. The number of benzene rings is 2. The predicted molar refractivity (Wildman–Crippen MR) is 109 cm³/mol. The van der Waals surface area contributed by atoms with E-state index in [9.17, 15) is 4.79 Å². The molecule has 1 fully saturated rings. The number of nitrogens with one attached hydrogen (secondary N) is 2. The predicted octanol–water partition coefficient (Wildman–Crippen LogP) is 4.61. The summed E-state index contributed by atoms with van der Waals surface area (Å²) in [4.78, 5) is 16.0. The number of rotatable bonds is 4. The Morgan fingerprint density at radius 3 is 2.63 bits per heavy atom. The topological polar surface area (TPSA) is 54.1 Å². The van der Waals surface area contributed by atoms with Gasteiger partial charge in [0.15, 0.2) is 0 Å². The van der Waals surface area contributed by atoms with Crippen LogP contribution >= 0.6 is 11.6 Å². The molecule has 1 saturated heterocycles. The summed E-state index contributed by atoms with van der Waals surface area (Å²) in [7, 11) is 0. The second-order valence-electron chi connectivity index (χ2n) is 7.36. The van der Waals surface area contributed by atoms with Crippen LogP contribution in [0.15, 0.2) is 48.5 Å². The highest BCUT2D eigenvalue weighted by molar-refractivity contribution is 6.30. The first-order valence-electron chi connectivity index (χ1n) is 9.27. The van der Waals surface area contributed by atoms with Crippen LogP contribution in [0.4, 0.5) is 0 Å². The average Bonchev–Trinajstić information content (AvgIpc) is 3.10. The molecule has 0 bridgehead atoms. The van der Waals surface area contributed by atoms with Gasteiger partial charge in [0.2, 0.25) is 0 Å². The lowest BCUT2D eigenvalue weighted by Gasteiger charge is -2.38.